The quantitative estimate of drug-likeness (QED) is 0.489. The number of hydrogen-bond acceptors (Lipinski definition) is 7. The van der Waals surface area contributed by atoms with Gasteiger partial charge in [0.1, 0.15) is 5.82 Å². The second kappa shape index (κ2) is 6.73. The van der Waals surface area contributed by atoms with Gasteiger partial charge in [0.25, 0.3) is 0 Å². The van der Waals surface area contributed by atoms with E-state index in [0.29, 0.717) is 24.0 Å². The Morgan fingerprint density at radius 1 is 1.04 bits per heavy atom. The third-order valence-electron chi connectivity index (χ3n) is 4.51. The monoisotopic (exact) mass is 374 g/mol. The van der Waals surface area contributed by atoms with E-state index in [-0.39, 0.29) is 6.79 Å². The van der Waals surface area contributed by atoms with Crippen molar-refractivity contribution in [2.45, 2.75) is 13.5 Å². The van der Waals surface area contributed by atoms with E-state index in [1.165, 1.54) is 5.56 Å². The van der Waals surface area contributed by atoms with Crippen molar-refractivity contribution >= 4 is 28.5 Å². The number of ether oxygens (including phenoxy) is 2. The molecule has 4 aromatic rings. The maximum Gasteiger partial charge on any atom is 0.231 e. The molecule has 0 atom stereocenters. The highest BCUT2D eigenvalue weighted by atomic mass is 16.7. The van der Waals surface area contributed by atoms with Gasteiger partial charge in [0.15, 0.2) is 17.1 Å². The molecule has 2 aromatic carbocycles. The molecule has 8 nitrogen and oxygen atoms in total. The summed E-state index contributed by atoms with van der Waals surface area (Å²) in [6.07, 6.45) is 1.72. The van der Waals surface area contributed by atoms with Gasteiger partial charge in [0.05, 0.1) is 11.6 Å². The van der Waals surface area contributed by atoms with Gasteiger partial charge in [-0.05, 0) is 36.8 Å². The molecular formula is C20H18N6O2. The number of fused-ring (bicyclic) bond motifs is 2. The minimum Gasteiger partial charge on any atom is -0.454 e. The molecule has 0 amide bonds. The molecule has 5 rings (SSSR count). The van der Waals surface area contributed by atoms with Crippen LogP contribution in [-0.4, -0.2) is 27.0 Å². The van der Waals surface area contributed by atoms with Crippen molar-refractivity contribution in [1.29, 1.82) is 0 Å². The topological polar surface area (TPSA) is 97.0 Å². The molecule has 0 radical (unpaired) electrons. The van der Waals surface area contributed by atoms with Crippen molar-refractivity contribution in [3.8, 4) is 11.5 Å². The molecule has 2 aromatic heterocycles. The number of aryl methyl sites for hydroxylation is 1. The first-order chi connectivity index (χ1) is 13.7. The molecular weight excluding hydrogens is 356 g/mol. The number of aromatic nitrogens is 4. The summed E-state index contributed by atoms with van der Waals surface area (Å²) >= 11 is 0. The number of rotatable bonds is 5. The van der Waals surface area contributed by atoms with Gasteiger partial charge in [-0.1, -0.05) is 23.8 Å². The summed E-state index contributed by atoms with van der Waals surface area (Å²) in [6.45, 7) is 2.88. The van der Waals surface area contributed by atoms with Gasteiger partial charge in [-0.25, -0.2) is 0 Å². The summed E-state index contributed by atoms with van der Waals surface area (Å²) in [5.41, 5.74) is 3.87. The Bertz CT molecular complexity index is 1140. The zero-order valence-corrected chi connectivity index (χ0v) is 15.2. The van der Waals surface area contributed by atoms with Gasteiger partial charge < -0.3 is 20.1 Å². The van der Waals surface area contributed by atoms with Gasteiger partial charge in [-0.2, -0.15) is 15.1 Å². The van der Waals surface area contributed by atoms with Crippen molar-refractivity contribution in [2.75, 3.05) is 17.4 Å². The van der Waals surface area contributed by atoms with Gasteiger partial charge in [0.2, 0.25) is 12.7 Å². The molecule has 0 unspecified atom stereocenters. The van der Waals surface area contributed by atoms with Crippen LogP contribution in [0.25, 0.3) is 11.0 Å². The maximum absolute atomic E-state index is 5.43. The minimum atomic E-state index is 0.264. The summed E-state index contributed by atoms with van der Waals surface area (Å²) in [7, 11) is 0. The normalized spacial score (nSPS) is 12.3. The summed E-state index contributed by atoms with van der Waals surface area (Å²) in [6, 6.07) is 14.0. The smallest absolute Gasteiger partial charge is 0.231 e. The van der Waals surface area contributed by atoms with Crippen molar-refractivity contribution < 1.29 is 9.47 Å². The molecule has 1 aliphatic rings. The lowest BCUT2D eigenvalue weighted by Gasteiger charge is -2.10. The van der Waals surface area contributed by atoms with Crippen molar-refractivity contribution in [1.82, 2.24) is 20.2 Å². The molecule has 0 bridgehead atoms. The van der Waals surface area contributed by atoms with Crippen LogP contribution in [0.2, 0.25) is 0 Å². The van der Waals surface area contributed by atoms with Gasteiger partial charge in [-0.3, -0.25) is 5.10 Å². The van der Waals surface area contributed by atoms with Crippen LogP contribution in [0.3, 0.4) is 0 Å². The van der Waals surface area contributed by atoms with Crippen LogP contribution in [0.4, 0.5) is 17.5 Å². The zero-order chi connectivity index (χ0) is 18.9. The van der Waals surface area contributed by atoms with Crippen LogP contribution in [-0.2, 0) is 6.54 Å². The Balaban J connectivity index is 1.39. The van der Waals surface area contributed by atoms with Gasteiger partial charge in [0, 0.05) is 12.2 Å². The fraction of sp³-hybridized carbons (Fsp3) is 0.150. The summed E-state index contributed by atoms with van der Waals surface area (Å²) in [5, 5.41) is 14.4. The van der Waals surface area contributed by atoms with Crippen molar-refractivity contribution in [3.05, 3.63) is 59.8 Å². The molecule has 0 saturated carbocycles. The van der Waals surface area contributed by atoms with Crippen LogP contribution in [0, 0.1) is 6.92 Å². The molecule has 28 heavy (non-hydrogen) atoms. The number of H-pyrrole nitrogens is 1. The highest BCUT2D eigenvalue weighted by Gasteiger charge is 2.14. The van der Waals surface area contributed by atoms with Crippen LogP contribution in [0.5, 0.6) is 11.5 Å². The number of aromatic amines is 1. The standard InChI is InChI=1S/C20H18N6O2/c1-12-2-5-14(6-3-12)23-18-15-10-22-26-19(15)25-20(24-18)21-9-13-4-7-16-17(8-13)28-11-27-16/h2-8,10H,9,11H2,1H3,(H3,21,22,23,24,25,26). The first-order valence-corrected chi connectivity index (χ1v) is 8.92. The fourth-order valence-electron chi connectivity index (χ4n) is 3.01. The zero-order valence-electron chi connectivity index (χ0n) is 15.2. The van der Waals surface area contributed by atoms with Crippen LogP contribution < -0.4 is 20.1 Å². The second-order valence-electron chi connectivity index (χ2n) is 6.56. The fourth-order valence-corrected chi connectivity index (χ4v) is 3.01. The SMILES string of the molecule is Cc1ccc(Nc2nc(NCc3ccc4c(c3)OCO4)nc3[nH]ncc23)cc1. The Hall–Kier alpha value is -3.81. The molecule has 0 fully saturated rings. The Kier molecular flexibility index (Phi) is 3.93. The van der Waals surface area contributed by atoms with E-state index < -0.39 is 0 Å². The summed E-state index contributed by atoms with van der Waals surface area (Å²) < 4.78 is 10.8. The van der Waals surface area contributed by atoms with Gasteiger partial charge in [-0.15, -0.1) is 0 Å². The lowest BCUT2D eigenvalue weighted by Crippen LogP contribution is -2.06. The van der Waals surface area contributed by atoms with Crippen molar-refractivity contribution in [2.24, 2.45) is 0 Å². The molecule has 0 spiro atoms. The Morgan fingerprint density at radius 2 is 1.89 bits per heavy atom. The van der Waals surface area contributed by atoms with Crippen LogP contribution in [0.15, 0.2) is 48.7 Å². The average molecular weight is 374 g/mol. The number of hydrogen-bond donors (Lipinski definition) is 3. The molecule has 8 heteroatoms. The maximum atomic E-state index is 5.43. The lowest BCUT2D eigenvalue weighted by atomic mass is 10.2. The Morgan fingerprint density at radius 3 is 2.79 bits per heavy atom. The van der Waals surface area contributed by atoms with E-state index in [4.69, 9.17) is 9.47 Å². The van der Waals surface area contributed by atoms with E-state index in [9.17, 15) is 0 Å². The Labute approximate surface area is 160 Å². The third-order valence-corrected chi connectivity index (χ3v) is 4.51. The van der Waals surface area contributed by atoms with Gasteiger partial charge >= 0.3 is 0 Å². The highest BCUT2D eigenvalue weighted by Crippen LogP contribution is 2.32. The van der Waals surface area contributed by atoms with Crippen molar-refractivity contribution in [3.63, 3.8) is 0 Å². The van der Waals surface area contributed by atoms with E-state index in [1.54, 1.807) is 6.20 Å². The predicted molar refractivity (Wildman–Crippen MR) is 106 cm³/mol. The molecule has 3 N–H and O–H groups in total. The average Bonchev–Trinajstić information content (AvgIpc) is 3.37. The highest BCUT2D eigenvalue weighted by molar-refractivity contribution is 5.89. The number of nitrogens with one attached hydrogen (secondary N) is 3. The second-order valence-corrected chi connectivity index (χ2v) is 6.56. The summed E-state index contributed by atoms with van der Waals surface area (Å²) in [4.78, 5) is 9.13. The number of anilines is 3. The third kappa shape index (κ3) is 3.16. The number of benzene rings is 2. The van der Waals surface area contributed by atoms with Crippen LogP contribution in [0.1, 0.15) is 11.1 Å². The first kappa shape index (κ1) is 16.4. The van der Waals surface area contributed by atoms with E-state index >= 15 is 0 Å². The first-order valence-electron chi connectivity index (χ1n) is 8.92. The van der Waals surface area contributed by atoms with E-state index in [1.807, 2.05) is 30.3 Å². The summed E-state index contributed by atoms with van der Waals surface area (Å²) in [5.74, 6) is 2.72. The number of nitrogens with zero attached hydrogens (tertiary/aromatic N) is 3. The largest absolute Gasteiger partial charge is 0.454 e. The molecule has 140 valence electrons. The van der Waals surface area contributed by atoms with E-state index in [0.717, 1.165) is 28.1 Å². The predicted octanol–water partition coefficient (Wildman–Crippen LogP) is 3.75. The molecule has 0 aliphatic carbocycles. The van der Waals surface area contributed by atoms with Crippen LogP contribution >= 0.6 is 0 Å². The molecule has 3 heterocycles. The molecule has 0 saturated heterocycles. The molecule has 1 aliphatic heterocycles. The lowest BCUT2D eigenvalue weighted by molar-refractivity contribution is 0.174. The van der Waals surface area contributed by atoms with E-state index in [2.05, 4.69) is 49.9 Å². The minimum absolute atomic E-state index is 0.264.